The second kappa shape index (κ2) is 5.86. The van der Waals surface area contributed by atoms with E-state index in [2.05, 4.69) is 47.4 Å². The Bertz CT molecular complexity index is 583. The van der Waals surface area contributed by atoms with E-state index in [9.17, 15) is 0 Å². The van der Waals surface area contributed by atoms with Crippen LogP contribution in [0.25, 0.3) is 0 Å². The number of nitrogens with two attached hydrogens (primary N) is 1. The van der Waals surface area contributed by atoms with Gasteiger partial charge in [-0.2, -0.15) is 0 Å². The molecule has 0 aromatic heterocycles. The molecule has 2 aromatic rings. The molecular weight excluding hydrogens is 268 g/mol. The number of nitrogens with zero attached hydrogens (tertiary/aromatic N) is 1. The van der Waals surface area contributed by atoms with Crippen LogP contribution >= 0.6 is 11.6 Å². The first-order valence-corrected chi connectivity index (χ1v) is 7.47. The maximum atomic E-state index is 6.44. The molecule has 0 radical (unpaired) electrons. The van der Waals surface area contributed by atoms with Gasteiger partial charge in [0, 0.05) is 13.1 Å². The fourth-order valence-electron chi connectivity index (χ4n) is 2.99. The predicted molar refractivity (Wildman–Crippen MR) is 85.1 cm³/mol. The van der Waals surface area contributed by atoms with Gasteiger partial charge in [-0.05, 0) is 36.1 Å². The van der Waals surface area contributed by atoms with Crippen molar-refractivity contribution in [1.82, 2.24) is 0 Å². The quantitative estimate of drug-likeness (QED) is 0.919. The second-order valence-corrected chi connectivity index (χ2v) is 5.66. The van der Waals surface area contributed by atoms with E-state index in [-0.39, 0.29) is 0 Å². The fraction of sp³-hybridized carbons (Fsp3) is 0.294. The van der Waals surface area contributed by atoms with Crippen LogP contribution in [0.15, 0.2) is 48.5 Å². The van der Waals surface area contributed by atoms with Crippen LogP contribution in [0.5, 0.6) is 0 Å². The van der Waals surface area contributed by atoms with Crippen molar-refractivity contribution >= 4 is 17.3 Å². The summed E-state index contributed by atoms with van der Waals surface area (Å²) in [5.74, 6) is 0. The van der Waals surface area contributed by atoms with Gasteiger partial charge in [0.25, 0.3) is 0 Å². The van der Waals surface area contributed by atoms with Crippen molar-refractivity contribution in [3.05, 3.63) is 64.7 Å². The number of benzene rings is 2. The summed E-state index contributed by atoms with van der Waals surface area (Å²) < 4.78 is 0. The standard InChI is InChI=1S/C17H19ClN2/c18-15-11-13(12-19)8-9-17(15)20-10-4-7-16(20)14-5-2-1-3-6-14/h1-3,5-6,8-9,11,16H,4,7,10,12,19H2. The van der Waals surface area contributed by atoms with E-state index in [0.717, 1.165) is 22.8 Å². The van der Waals surface area contributed by atoms with E-state index >= 15 is 0 Å². The van der Waals surface area contributed by atoms with Gasteiger partial charge in [0.15, 0.2) is 0 Å². The first kappa shape index (κ1) is 13.5. The Labute approximate surface area is 125 Å². The van der Waals surface area contributed by atoms with Gasteiger partial charge < -0.3 is 10.6 Å². The Morgan fingerprint density at radius 1 is 1.15 bits per heavy atom. The number of halogens is 1. The Kier molecular flexibility index (Phi) is 3.95. The summed E-state index contributed by atoms with van der Waals surface area (Å²) >= 11 is 6.44. The zero-order valence-electron chi connectivity index (χ0n) is 11.4. The molecule has 2 N–H and O–H groups in total. The topological polar surface area (TPSA) is 29.3 Å². The molecule has 0 bridgehead atoms. The lowest BCUT2D eigenvalue weighted by atomic mass is 10.0. The molecule has 1 unspecified atom stereocenters. The van der Waals surface area contributed by atoms with E-state index in [1.54, 1.807) is 0 Å². The van der Waals surface area contributed by atoms with Gasteiger partial charge >= 0.3 is 0 Å². The van der Waals surface area contributed by atoms with Gasteiger partial charge in [0.05, 0.1) is 16.8 Å². The molecule has 0 spiro atoms. The summed E-state index contributed by atoms with van der Waals surface area (Å²) in [6.07, 6.45) is 2.38. The maximum absolute atomic E-state index is 6.44. The summed E-state index contributed by atoms with van der Waals surface area (Å²) in [5, 5.41) is 0.802. The van der Waals surface area contributed by atoms with Crippen LogP contribution in [0.4, 0.5) is 5.69 Å². The van der Waals surface area contributed by atoms with E-state index in [1.807, 2.05) is 6.07 Å². The van der Waals surface area contributed by atoms with Crippen molar-refractivity contribution in [1.29, 1.82) is 0 Å². The molecule has 2 nitrogen and oxygen atoms in total. The summed E-state index contributed by atoms with van der Waals surface area (Å²) in [5.41, 5.74) is 9.23. The molecule has 1 fully saturated rings. The molecule has 3 rings (SSSR count). The second-order valence-electron chi connectivity index (χ2n) is 5.25. The lowest BCUT2D eigenvalue weighted by Gasteiger charge is -2.28. The zero-order valence-corrected chi connectivity index (χ0v) is 12.2. The average Bonchev–Trinajstić information content (AvgIpc) is 2.97. The van der Waals surface area contributed by atoms with E-state index in [4.69, 9.17) is 17.3 Å². The summed E-state index contributed by atoms with van der Waals surface area (Å²) in [6.45, 7) is 1.59. The molecule has 0 amide bonds. The van der Waals surface area contributed by atoms with Crippen LogP contribution in [-0.4, -0.2) is 6.54 Å². The minimum absolute atomic E-state index is 0.428. The van der Waals surface area contributed by atoms with Gasteiger partial charge in [-0.1, -0.05) is 48.0 Å². The SMILES string of the molecule is NCc1ccc(N2CCCC2c2ccccc2)c(Cl)c1. The molecule has 3 heteroatoms. The molecular formula is C17H19ClN2. The highest BCUT2D eigenvalue weighted by molar-refractivity contribution is 6.33. The van der Waals surface area contributed by atoms with Gasteiger partial charge in [0.1, 0.15) is 0 Å². The molecule has 104 valence electrons. The molecule has 1 saturated heterocycles. The normalized spacial score (nSPS) is 18.5. The molecule has 1 heterocycles. The van der Waals surface area contributed by atoms with Gasteiger partial charge in [-0.25, -0.2) is 0 Å². The number of hydrogen-bond acceptors (Lipinski definition) is 2. The van der Waals surface area contributed by atoms with E-state index in [0.29, 0.717) is 12.6 Å². The van der Waals surface area contributed by atoms with Crippen LogP contribution < -0.4 is 10.6 Å². The minimum Gasteiger partial charge on any atom is -0.363 e. The van der Waals surface area contributed by atoms with Crippen molar-refractivity contribution in [2.45, 2.75) is 25.4 Å². The monoisotopic (exact) mass is 286 g/mol. The molecule has 1 atom stereocenters. The fourth-order valence-corrected chi connectivity index (χ4v) is 3.30. The van der Waals surface area contributed by atoms with Gasteiger partial charge in [-0.3, -0.25) is 0 Å². The third kappa shape index (κ3) is 2.54. The first-order chi connectivity index (χ1) is 9.79. The van der Waals surface area contributed by atoms with Crippen LogP contribution in [-0.2, 0) is 6.54 Å². The number of rotatable bonds is 3. The summed E-state index contributed by atoms with van der Waals surface area (Å²) in [6, 6.07) is 17.3. The Hall–Kier alpha value is -1.51. The smallest absolute Gasteiger partial charge is 0.0642 e. The van der Waals surface area contributed by atoms with Crippen LogP contribution in [0.2, 0.25) is 5.02 Å². The number of anilines is 1. The number of hydrogen-bond donors (Lipinski definition) is 1. The summed E-state index contributed by atoms with van der Waals surface area (Å²) in [7, 11) is 0. The van der Waals surface area contributed by atoms with E-state index in [1.165, 1.54) is 18.4 Å². The Morgan fingerprint density at radius 3 is 2.65 bits per heavy atom. The molecule has 20 heavy (non-hydrogen) atoms. The zero-order chi connectivity index (χ0) is 13.9. The highest BCUT2D eigenvalue weighted by Gasteiger charge is 2.27. The molecule has 0 saturated carbocycles. The molecule has 0 aliphatic carbocycles. The highest BCUT2D eigenvalue weighted by atomic mass is 35.5. The van der Waals surface area contributed by atoms with Crippen LogP contribution in [0.3, 0.4) is 0 Å². The predicted octanol–water partition coefficient (Wildman–Crippen LogP) is 4.14. The maximum Gasteiger partial charge on any atom is 0.0642 e. The Morgan fingerprint density at radius 2 is 1.95 bits per heavy atom. The van der Waals surface area contributed by atoms with Crippen molar-refractivity contribution < 1.29 is 0 Å². The van der Waals surface area contributed by atoms with Crippen LogP contribution in [0.1, 0.15) is 30.0 Å². The lowest BCUT2D eigenvalue weighted by Crippen LogP contribution is -2.22. The van der Waals surface area contributed by atoms with Crippen molar-refractivity contribution in [2.75, 3.05) is 11.4 Å². The minimum atomic E-state index is 0.428. The highest BCUT2D eigenvalue weighted by Crippen LogP contribution is 2.39. The average molecular weight is 287 g/mol. The first-order valence-electron chi connectivity index (χ1n) is 7.09. The van der Waals surface area contributed by atoms with Crippen molar-refractivity contribution in [3.8, 4) is 0 Å². The van der Waals surface area contributed by atoms with Crippen molar-refractivity contribution in [3.63, 3.8) is 0 Å². The molecule has 1 aliphatic heterocycles. The van der Waals surface area contributed by atoms with Crippen molar-refractivity contribution in [2.24, 2.45) is 5.73 Å². The Balaban J connectivity index is 1.93. The molecule has 2 aromatic carbocycles. The van der Waals surface area contributed by atoms with E-state index < -0.39 is 0 Å². The third-order valence-corrected chi connectivity index (χ3v) is 4.30. The largest absolute Gasteiger partial charge is 0.363 e. The van der Waals surface area contributed by atoms with Crippen LogP contribution in [0, 0.1) is 0 Å². The van der Waals surface area contributed by atoms with Gasteiger partial charge in [0.2, 0.25) is 0 Å². The van der Waals surface area contributed by atoms with Gasteiger partial charge in [-0.15, -0.1) is 0 Å². The third-order valence-electron chi connectivity index (χ3n) is 3.99. The summed E-state index contributed by atoms with van der Waals surface area (Å²) in [4.78, 5) is 2.41. The molecule has 1 aliphatic rings. The lowest BCUT2D eigenvalue weighted by molar-refractivity contribution is 0.719.